The zero-order valence-corrected chi connectivity index (χ0v) is 17.2. The van der Waals surface area contributed by atoms with Crippen LogP contribution in [0.15, 0.2) is 30.3 Å². The summed E-state index contributed by atoms with van der Waals surface area (Å²) < 4.78 is 0. The fourth-order valence-corrected chi connectivity index (χ4v) is 5.46. The summed E-state index contributed by atoms with van der Waals surface area (Å²) >= 11 is 7.59. The van der Waals surface area contributed by atoms with Crippen LogP contribution in [0.2, 0.25) is 0 Å². The zero-order valence-electron chi connectivity index (χ0n) is 15.7. The maximum Gasteiger partial charge on any atom is 0.315 e. The molecule has 0 unspecified atom stereocenters. The van der Waals surface area contributed by atoms with Gasteiger partial charge in [0.1, 0.15) is 0 Å². The largest absolute Gasteiger partial charge is 0.346 e. The van der Waals surface area contributed by atoms with Crippen molar-refractivity contribution in [1.29, 1.82) is 0 Å². The summed E-state index contributed by atoms with van der Waals surface area (Å²) in [6.45, 7) is 0. The summed E-state index contributed by atoms with van der Waals surface area (Å²) in [5.74, 6) is 0.541. The SMILES string of the molecule is O=C(CCCC[C@@H]1SC[C@@H]2NC(=O)N[C@@H]21)N[C@@H](Cc1ccccc1)C(=O)CCl. The molecule has 1 aromatic carbocycles. The van der Waals surface area contributed by atoms with Gasteiger partial charge in [0, 0.05) is 17.4 Å². The molecule has 152 valence electrons. The minimum Gasteiger partial charge on any atom is -0.346 e. The molecule has 2 fully saturated rings. The summed E-state index contributed by atoms with van der Waals surface area (Å²) in [4.78, 5) is 35.8. The van der Waals surface area contributed by atoms with Crippen molar-refractivity contribution in [2.75, 3.05) is 11.6 Å². The van der Waals surface area contributed by atoms with Gasteiger partial charge in [-0.15, -0.1) is 11.6 Å². The van der Waals surface area contributed by atoms with Crippen LogP contribution in [0.4, 0.5) is 4.79 Å². The average Bonchev–Trinajstić information content (AvgIpc) is 3.24. The molecule has 0 spiro atoms. The second-order valence-corrected chi connectivity index (χ2v) is 8.82. The normalized spacial score (nSPS) is 24.2. The van der Waals surface area contributed by atoms with Gasteiger partial charge in [-0.05, 0) is 24.8 Å². The molecule has 2 aliphatic heterocycles. The van der Waals surface area contributed by atoms with E-state index < -0.39 is 6.04 Å². The molecular formula is C20H26ClN3O3S. The number of halogens is 1. The number of fused-ring (bicyclic) bond motifs is 1. The monoisotopic (exact) mass is 423 g/mol. The van der Waals surface area contributed by atoms with Crippen LogP contribution in [0.25, 0.3) is 0 Å². The molecular weight excluding hydrogens is 398 g/mol. The van der Waals surface area contributed by atoms with E-state index in [1.54, 1.807) is 0 Å². The van der Waals surface area contributed by atoms with E-state index in [0.717, 1.165) is 30.6 Å². The molecule has 0 aliphatic carbocycles. The van der Waals surface area contributed by atoms with E-state index in [1.807, 2.05) is 42.1 Å². The van der Waals surface area contributed by atoms with E-state index in [2.05, 4.69) is 16.0 Å². The Morgan fingerprint density at radius 3 is 2.75 bits per heavy atom. The van der Waals surface area contributed by atoms with Gasteiger partial charge in [0.05, 0.1) is 24.0 Å². The number of ketones is 1. The number of benzene rings is 1. The van der Waals surface area contributed by atoms with E-state index in [4.69, 9.17) is 11.6 Å². The first-order chi connectivity index (χ1) is 13.6. The summed E-state index contributed by atoms with van der Waals surface area (Å²) in [6, 6.07) is 9.37. The van der Waals surface area contributed by atoms with Crippen molar-refractivity contribution in [2.24, 2.45) is 0 Å². The van der Waals surface area contributed by atoms with Gasteiger partial charge in [0.25, 0.3) is 0 Å². The first kappa shape index (κ1) is 21.0. The number of Topliss-reactive ketones (excluding diaryl/α,β-unsaturated/α-hetero) is 1. The Kier molecular flexibility index (Phi) is 7.62. The van der Waals surface area contributed by atoms with Gasteiger partial charge in [0.2, 0.25) is 5.91 Å². The Morgan fingerprint density at radius 2 is 2.00 bits per heavy atom. The lowest BCUT2D eigenvalue weighted by Gasteiger charge is -2.18. The van der Waals surface area contributed by atoms with Gasteiger partial charge in [-0.3, -0.25) is 9.59 Å². The van der Waals surface area contributed by atoms with E-state index in [9.17, 15) is 14.4 Å². The van der Waals surface area contributed by atoms with Crippen LogP contribution in [-0.4, -0.2) is 52.7 Å². The highest BCUT2D eigenvalue weighted by Crippen LogP contribution is 2.33. The minimum atomic E-state index is -0.585. The molecule has 28 heavy (non-hydrogen) atoms. The number of urea groups is 1. The number of thioether (sulfide) groups is 1. The number of alkyl halides is 1. The standard InChI is InChI=1S/C20H26ClN3O3S/c21-11-16(25)14(10-13-6-2-1-3-7-13)22-18(26)9-5-4-8-17-19-15(12-28-17)23-20(27)24-19/h1-3,6-7,14-15,17,19H,4-5,8-12H2,(H,22,26)(H2,23,24,27)/t14-,15-,17-,19-/m0/s1. The molecule has 4 atom stereocenters. The van der Waals surface area contributed by atoms with Crippen LogP contribution in [0, 0.1) is 0 Å². The number of hydrogen-bond donors (Lipinski definition) is 3. The zero-order chi connectivity index (χ0) is 19.9. The van der Waals surface area contributed by atoms with Gasteiger partial charge in [-0.2, -0.15) is 11.8 Å². The summed E-state index contributed by atoms with van der Waals surface area (Å²) in [6.07, 6.45) is 3.48. The molecule has 2 heterocycles. The third kappa shape index (κ3) is 5.64. The lowest BCUT2D eigenvalue weighted by Crippen LogP contribution is -2.43. The number of carbonyl (C=O) groups is 3. The lowest BCUT2D eigenvalue weighted by atomic mass is 10.0. The van der Waals surface area contributed by atoms with Crippen LogP contribution in [0.1, 0.15) is 31.2 Å². The van der Waals surface area contributed by atoms with E-state index in [1.165, 1.54) is 0 Å². The molecule has 0 saturated carbocycles. The number of hydrogen-bond acceptors (Lipinski definition) is 4. The smallest absolute Gasteiger partial charge is 0.315 e. The van der Waals surface area contributed by atoms with Gasteiger partial charge in [-0.1, -0.05) is 36.8 Å². The fraction of sp³-hybridized carbons (Fsp3) is 0.550. The molecule has 0 radical (unpaired) electrons. The highest BCUT2D eigenvalue weighted by atomic mass is 35.5. The molecule has 3 amide bonds. The number of amides is 3. The van der Waals surface area contributed by atoms with Gasteiger partial charge >= 0.3 is 6.03 Å². The third-order valence-electron chi connectivity index (χ3n) is 5.22. The first-order valence-electron chi connectivity index (χ1n) is 9.67. The fourth-order valence-electron chi connectivity index (χ4n) is 3.73. The molecule has 8 heteroatoms. The van der Waals surface area contributed by atoms with Gasteiger partial charge in [-0.25, -0.2) is 4.79 Å². The van der Waals surface area contributed by atoms with Crippen LogP contribution in [0.3, 0.4) is 0 Å². The van der Waals surface area contributed by atoms with Crippen LogP contribution < -0.4 is 16.0 Å². The molecule has 1 aromatic rings. The predicted molar refractivity (Wildman–Crippen MR) is 112 cm³/mol. The Morgan fingerprint density at radius 1 is 1.21 bits per heavy atom. The molecule has 0 aromatic heterocycles. The third-order valence-corrected chi connectivity index (χ3v) is 6.99. The maximum absolute atomic E-state index is 12.3. The van der Waals surface area contributed by atoms with E-state index in [0.29, 0.717) is 18.1 Å². The Hall–Kier alpha value is -1.73. The average molecular weight is 424 g/mol. The quantitative estimate of drug-likeness (QED) is 0.306. The summed E-state index contributed by atoms with van der Waals surface area (Å²) in [5, 5.41) is 9.16. The van der Waals surface area contributed by atoms with Gasteiger partial charge in [0.15, 0.2) is 5.78 Å². The highest BCUT2D eigenvalue weighted by molar-refractivity contribution is 8.00. The van der Waals surface area contributed by atoms with Crippen molar-refractivity contribution in [3.8, 4) is 0 Å². The minimum absolute atomic E-state index is 0.0758. The maximum atomic E-state index is 12.3. The van der Waals surface area contributed by atoms with E-state index >= 15 is 0 Å². The van der Waals surface area contributed by atoms with Crippen LogP contribution in [0.5, 0.6) is 0 Å². The van der Waals surface area contributed by atoms with Gasteiger partial charge < -0.3 is 16.0 Å². The Bertz CT molecular complexity index is 703. The van der Waals surface area contributed by atoms with Crippen molar-refractivity contribution < 1.29 is 14.4 Å². The molecule has 6 nitrogen and oxygen atoms in total. The number of carbonyl (C=O) groups excluding carboxylic acids is 3. The highest BCUT2D eigenvalue weighted by Gasteiger charge is 2.42. The lowest BCUT2D eigenvalue weighted by molar-refractivity contribution is -0.126. The van der Waals surface area contributed by atoms with Crippen molar-refractivity contribution >= 4 is 41.1 Å². The molecule has 3 rings (SSSR count). The summed E-state index contributed by atoms with van der Waals surface area (Å²) in [7, 11) is 0. The second kappa shape index (κ2) is 10.2. The van der Waals surface area contributed by atoms with E-state index in [-0.39, 0.29) is 35.7 Å². The first-order valence-corrected chi connectivity index (χ1v) is 11.3. The number of nitrogens with one attached hydrogen (secondary N) is 3. The van der Waals surface area contributed by atoms with Crippen molar-refractivity contribution in [1.82, 2.24) is 16.0 Å². The predicted octanol–water partition coefficient (Wildman–Crippen LogP) is 2.25. The number of unbranched alkanes of at least 4 members (excludes halogenated alkanes) is 1. The Labute approximate surface area is 174 Å². The second-order valence-electron chi connectivity index (χ2n) is 7.28. The molecule has 2 saturated heterocycles. The topological polar surface area (TPSA) is 87.3 Å². The van der Waals surface area contributed by atoms with Crippen molar-refractivity contribution in [3.63, 3.8) is 0 Å². The van der Waals surface area contributed by atoms with Crippen LogP contribution >= 0.6 is 23.4 Å². The Balaban J connectivity index is 1.39. The van der Waals surface area contributed by atoms with Crippen LogP contribution in [-0.2, 0) is 16.0 Å². The van der Waals surface area contributed by atoms with Crippen molar-refractivity contribution in [3.05, 3.63) is 35.9 Å². The molecule has 0 bridgehead atoms. The van der Waals surface area contributed by atoms with Crippen molar-refractivity contribution in [2.45, 2.75) is 55.5 Å². The summed E-state index contributed by atoms with van der Waals surface area (Å²) in [5.41, 5.74) is 0.992. The molecule has 3 N–H and O–H groups in total. The molecule has 2 aliphatic rings. The number of rotatable bonds is 10.